The van der Waals surface area contributed by atoms with E-state index in [9.17, 15) is 13.2 Å². The lowest BCUT2D eigenvalue weighted by Gasteiger charge is -2.18. The molecule has 0 atom stereocenters. The molecule has 0 aliphatic rings. The van der Waals surface area contributed by atoms with Crippen LogP contribution in [0.1, 0.15) is 0 Å². The molecule has 1 N–H and O–H groups in total. The van der Waals surface area contributed by atoms with Crippen LogP contribution in [0.25, 0.3) is 0 Å². The molecule has 1 aromatic carbocycles. The van der Waals surface area contributed by atoms with E-state index in [-0.39, 0.29) is 21.4 Å². The van der Waals surface area contributed by atoms with Crippen LogP contribution in [0.4, 0.5) is 0 Å². The molecular weight excluding hydrogens is 310 g/mol. The zero-order chi connectivity index (χ0) is 15.5. The van der Waals surface area contributed by atoms with E-state index in [2.05, 4.69) is 0 Å². The Bertz CT molecular complexity index is 616. The number of hydrogen-bond donors (Lipinski definition) is 1. The van der Waals surface area contributed by atoms with Gasteiger partial charge in [0, 0.05) is 13.1 Å². The second kappa shape index (κ2) is 6.29. The van der Waals surface area contributed by atoms with Crippen LogP contribution < -0.4 is 9.47 Å². The molecule has 112 valence electrons. The van der Waals surface area contributed by atoms with Crippen molar-refractivity contribution in [2.24, 2.45) is 0 Å². The van der Waals surface area contributed by atoms with Crippen LogP contribution in [-0.4, -0.2) is 51.6 Å². The number of halogens is 1. The summed E-state index contributed by atoms with van der Waals surface area (Å²) in [4.78, 5) is 10.4. The van der Waals surface area contributed by atoms with Gasteiger partial charge < -0.3 is 14.6 Å². The largest absolute Gasteiger partial charge is 0.495 e. The molecule has 0 saturated heterocycles. The Balaban J connectivity index is 3.37. The van der Waals surface area contributed by atoms with Crippen molar-refractivity contribution in [3.05, 3.63) is 17.2 Å². The average Bonchev–Trinajstić information content (AvgIpc) is 2.37. The van der Waals surface area contributed by atoms with Gasteiger partial charge in [0.05, 0.1) is 19.2 Å². The van der Waals surface area contributed by atoms with Crippen molar-refractivity contribution in [1.29, 1.82) is 0 Å². The normalized spacial score (nSPS) is 11.4. The van der Waals surface area contributed by atoms with Crippen molar-refractivity contribution in [3.8, 4) is 11.5 Å². The van der Waals surface area contributed by atoms with Gasteiger partial charge in [-0.3, -0.25) is 4.79 Å². The summed E-state index contributed by atoms with van der Waals surface area (Å²) >= 11 is 5.90. The molecule has 0 heterocycles. The molecule has 1 rings (SSSR count). The number of benzene rings is 1. The third kappa shape index (κ3) is 3.33. The maximum Gasteiger partial charge on any atom is 0.318 e. The molecule has 0 unspecified atom stereocenters. The molecule has 0 saturated carbocycles. The number of carbonyl (C=O) groups is 1. The predicted molar refractivity (Wildman–Crippen MR) is 72.0 cm³/mol. The lowest BCUT2D eigenvalue weighted by Crippen LogP contribution is -2.32. The third-order valence-electron chi connectivity index (χ3n) is 2.48. The lowest BCUT2D eigenvalue weighted by molar-refractivity contribution is -0.137. The van der Waals surface area contributed by atoms with Crippen LogP contribution in [0, 0.1) is 0 Å². The van der Waals surface area contributed by atoms with E-state index in [0.717, 1.165) is 13.1 Å². The SMILES string of the molecule is COc1cc(OC)c(S(=O)(=O)N(C)CC(=O)O)cc1Cl. The summed E-state index contributed by atoms with van der Waals surface area (Å²) in [6.07, 6.45) is 0. The summed E-state index contributed by atoms with van der Waals surface area (Å²) in [6.45, 7) is -0.671. The quantitative estimate of drug-likeness (QED) is 0.841. The van der Waals surface area contributed by atoms with Crippen LogP contribution in [-0.2, 0) is 14.8 Å². The van der Waals surface area contributed by atoms with Crippen LogP contribution in [0.5, 0.6) is 11.5 Å². The zero-order valence-corrected chi connectivity index (χ0v) is 12.7. The maximum atomic E-state index is 12.3. The highest BCUT2D eigenvalue weighted by Gasteiger charge is 2.27. The molecule has 1 aromatic rings. The molecule has 0 spiro atoms. The number of nitrogens with zero attached hydrogens (tertiary/aromatic N) is 1. The summed E-state index contributed by atoms with van der Waals surface area (Å²) < 4.78 is 35.2. The number of sulfonamides is 1. The maximum absolute atomic E-state index is 12.3. The van der Waals surface area contributed by atoms with E-state index in [1.54, 1.807) is 0 Å². The lowest BCUT2D eigenvalue weighted by atomic mass is 10.3. The molecule has 7 nitrogen and oxygen atoms in total. The Morgan fingerprint density at radius 1 is 1.30 bits per heavy atom. The summed E-state index contributed by atoms with van der Waals surface area (Å²) in [6, 6.07) is 2.48. The number of aliphatic carboxylic acids is 1. The molecule has 20 heavy (non-hydrogen) atoms. The van der Waals surface area contributed by atoms with Gasteiger partial charge in [-0.25, -0.2) is 8.42 Å². The van der Waals surface area contributed by atoms with Gasteiger partial charge in [-0.15, -0.1) is 0 Å². The number of carboxylic acid groups (broad SMARTS) is 1. The van der Waals surface area contributed by atoms with Gasteiger partial charge in [0.2, 0.25) is 10.0 Å². The van der Waals surface area contributed by atoms with Gasteiger partial charge in [0.1, 0.15) is 22.9 Å². The number of likely N-dealkylation sites (N-methyl/N-ethyl adjacent to an activating group) is 1. The fraction of sp³-hybridized carbons (Fsp3) is 0.364. The van der Waals surface area contributed by atoms with Crippen molar-refractivity contribution >= 4 is 27.6 Å². The highest BCUT2D eigenvalue weighted by molar-refractivity contribution is 7.89. The summed E-state index contributed by atoms with van der Waals surface area (Å²) in [5.41, 5.74) is 0. The minimum Gasteiger partial charge on any atom is -0.495 e. The molecule has 0 bridgehead atoms. The van der Waals surface area contributed by atoms with E-state index in [1.165, 1.54) is 20.3 Å². The number of rotatable bonds is 6. The Morgan fingerprint density at radius 2 is 1.85 bits per heavy atom. The number of ether oxygens (including phenoxy) is 2. The standard InChI is InChI=1S/C11H14ClNO6S/c1-13(6-11(14)15)20(16,17)10-4-7(12)8(18-2)5-9(10)19-3/h4-5H,6H2,1-3H3,(H,14,15). The number of methoxy groups -OCH3 is 2. The predicted octanol–water partition coefficient (Wildman–Crippen LogP) is 1.06. The first-order valence-corrected chi connectivity index (χ1v) is 7.15. The van der Waals surface area contributed by atoms with Crippen molar-refractivity contribution in [3.63, 3.8) is 0 Å². The van der Waals surface area contributed by atoms with Crippen molar-refractivity contribution in [1.82, 2.24) is 4.31 Å². The van der Waals surface area contributed by atoms with Gasteiger partial charge >= 0.3 is 5.97 Å². The Morgan fingerprint density at radius 3 is 2.30 bits per heavy atom. The summed E-state index contributed by atoms with van der Waals surface area (Å²) in [5, 5.41) is 8.75. The highest BCUT2D eigenvalue weighted by atomic mass is 35.5. The smallest absolute Gasteiger partial charge is 0.318 e. The monoisotopic (exact) mass is 323 g/mol. The first-order chi connectivity index (χ1) is 9.23. The van der Waals surface area contributed by atoms with Gasteiger partial charge in [0.15, 0.2) is 0 Å². The van der Waals surface area contributed by atoms with E-state index in [4.69, 9.17) is 26.2 Å². The molecular formula is C11H14ClNO6S. The number of carboxylic acids is 1. The van der Waals surface area contributed by atoms with Crippen LogP contribution in [0.2, 0.25) is 5.02 Å². The van der Waals surface area contributed by atoms with Crippen molar-refractivity contribution in [2.45, 2.75) is 4.90 Å². The fourth-order valence-electron chi connectivity index (χ4n) is 1.48. The fourth-order valence-corrected chi connectivity index (χ4v) is 3.06. The Hall–Kier alpha value is -1.51. The molecule has 9 heteroatoms. The van der Waals surface area contributed by atoms with E-state index >= 15 is 0 Å². The molecule has 0 fully saturated rings. The topological polar surface area (TPSA) is 93.1 Å². The van der Waals surface area contributed by atoms with Gasteiger partial charge in [-0.2, -0.15) is 4.31 Å². The minimum atomic E-state index is -4.04. The molecule has 0 amide bonds. The Labute approximate surface area is 121 Å². The summed E-state index contributed by atoms with van der Waals surface area (Å²) in [5.74, 6) is -0.999. The van der Waals surface area contributed by atoms with Gasteiger partial charge in [-0.1, -0.05) is 11.6 Å². The molecule has 0 aliphatic heterocycles. The summed E-state index contributed by atoms with van der Waals surface area (Å²) in [7, 11) is -0.212. The Kier molecular flexibility index (Phi) is 5.21. The van der Waals surface area contributed by atoms with Gasteiger partial charge in [-0.05, 0) is 6.07 Å². The first kappa shape index (κ1) is 16.5. The zero-order valence-electron chi connectivity index (χ0n) is 11.1. The second-order valence-corrected chi connectivity index (χ2v) is 6.21. The van der Waals surface area contributed by atoms with Crippen molar-refractivity contribution < 1.29 is 27.8 Å². The average molecular weight is 324 g/mol. The second-order valence-electron chi connectivity index (χ2n) is 3.79. The first-order valence-electron chi connectivity index (χ1n) is 5.33. The highest BCUT2D eigenvalue weighted by Crippen LogP contribution is 2.36. The minimum absolute atomic E-state index is 0.0171. The van der Waals surface area contributed by atoms with E-state index in [1.807, 2.05) is 0 Å². The van der Waals surface area contributed by atoms with E-state index in [0.29, 0.717) is 4.31 Å². The molecule has 0 radical (unpaired) electrons. The van der Waals surface area contributed by atoms with E-state index < -0.39 is 22.5 Å². The van der Waals surface area contributed by atoms with Crippen LogP contribution in [0.3, 0.4) is 0 Å². The van der Waals surface area contributed by atoms with Gasteiger partial charge in [0.25, 0.3) is 0 Å². The van der Waals surface area contributed by atoms with Crippen LogP contribution in [0.15, 0.2) is 17.0 Å². The van der Waals surface area contributed by atoms with Crippen LogP contribution >= 0.6 is 11.6 Å². The molecule has 0 aromatic heterocycles. The third-order valence-corrected chi connectivity index (χ3v) is 4.60. The van der Waals surface area contributed by atoms with Crippen molar-refractivity contribution in [2.75, 3.05) is 27.8 Å². The molecule has 0 aliphatic carbocycles. The number of hydrogen-bond acceptors (Lipinski definition) is 5.